The Bertz CT molecular complexity index is 563. The van der Waals surface area contributed by atoms with Crippen molar-refractivity contribution in [2.24, 2.45) is 11.8 Å². The Labute approximate surface area is 130 Å². The number of hydrogen-bond donors (Lipinski definition) is 0. The van der Waals surface area contributed by atoms with Crippen molar-refractivity contribution in [1.82, 2.24) is 0 Å². The third-order valence-electron chi connectivity index (χ3n) is 3.90. The zero-order valence-corrected chi connectivity index (χ0v) is 13.2. The molecule has 0 spiro atoms. The van der Waals surface area contributed by atoms with Crippen molar-refractivity contribution in [3.63, 3.8) is 0 Å². The first-order valence-electron chi connectivity index (χ1n) is 7.62. The molecule has 0 radical (unpaired) electrons. The minimum Gasteiger partial charge on any atom is -0.462 e. The van der Waals surface area contributed by atoms with E-state index in [0.717, 1.165) is 25.2 Å². The van der Waals surface area contributed by atoms with E-state index in [-0.39, 0.29) is 17.9 Å². The van der Waals surface area contributed by atoms with Crippen molar-refractivity contribution in [1.29, 1.82) is 0 Å². The van der Waals surface area contributed by atoms with Gasteiger partial charge in [-0.05, 0) is 31.2 Å². The van der Waals surface area contributed by atoms with Crippen LogP contribution in [0, 0.1) is 22.0 Å². The number of piperidine rings is 1. The first-order valence-corrected chi connectivity index (χ1v) is 7.62. The SMILES string of the molecule is CCOC(=O)c1cc([N+](=O)[O-])ccc1N1C[C@@H](C)C[C@H](C)C1. The van der Waals surface area contributed by atoms with Crippen molar-refractivity contribution in [3.05, 3.63) is 33.9 Å². The number of nitro groups is 1. The first kappa shape index (κ1) is 16.3. The van der Waals surface area contributed by atoms with Crippen LogP contribution in [0.1, 0.15) is 37.6 Å². The van der Waals surface area contributed by atoms with Crippen molar-refractivity contribution in [2.75, 3.05) is 24.6 Å². The molecule has 0 aromatic heterocycles. The molecule has 2 atom stereocenters. The maximum absolute atomic E-state index is 12.2. The number of nitro benzene ring substituents is 1. The third-order valence-corrected chi connectivity index (χ3v) is 3.90. The Hall–Kier alpha value is -2.11. The number of anilines is 1. The van der Waals surface area contributed by atoms with Gasteiger partial charge in [0.25, 0.3) is 5.69 Å². The molecule has 1 aliphatic rings. The molecule has 1 aromatic carbocycles. The second kappa shape index (κ2) is 6.77. The van der Waals surface area contributed by atoms with Gasteiger partial charge >= 0.3 is 5.97 Å². The molecule has 2 rings (SSSR count). The fraction of sp³-hybridized carbons (Fsp3) is 0.562. The van der Waals surface area contributed by atoms with Crippen LogP contribution in [0.2, 0.25) is 0 Å². The molecule has 0 saturated carbocycles. The number of non-ortho nitro benzene ring substituents is 1. The van der Waals surface area contributed by atoms with E-state index in [1.807, 2.05) is 0 Å². The second-order valence-corrected chi connectivity index (χ2v) is 6.03. The van der Waals surface area contributed by atoms with Gasteiger partial charge in [0.05, 0.1) is 22.8 Å². The molecule has 0 aliphatic carbocycles. The lowest BCUT2D eigenvalue weighted by molar-refractivity contribution is -0.384. The molecule has 1 aliphatic heterocycles. The van der Waals surface area contributed by atoms with Crippen LogP contribution in [-0.4, -0.2) is 30.6 Å². The van der Waals surface area contributed by atoms with Crippen LogP contribution >= 0.6 is 0 Å². The van der Waals surface area contributed by atoms with Crippen LogP contribution in [0.15, 0.2) is 18.2 Å². The van der Waals surface area contributed by atoms with E-state index >= 15 is 0 Å². The molecule has 22 heavy (non-hydrogen) atoms. The smallest absolute Gasteiger partial charge is 0.340 e. The lowest BCUT2D eigenvalue weighted by Gasteiger charge is -2.37. The minimum atomic E-state index is -0.507. The zero-order chi connectivity index (χ0) is 16.3. The summed E-state index contributed by atoms with van der Waals surface area (Å²) in [6, 6.07) is 4.43. The standard InChI is InChI=1S/C16H22N2O4/c1-4-22-16(19)14-8-13(18(20)21)5-6-15(14)17-9-11(2)7-12(3)10-17/h5-6,8,11-12H,4,7,9-10H2,1-3H3/t11-,12-/m0/s1. The summed E-state index contributed by atoms with van der Waals surface area (Å²) in [5.41, 5.74) is 0.907. The van der Waals surface area contributed by atoms with Gasteiger partial charge in [0, 0.05) is 25.2 Å². The maximum Gasteiger partial charge on any atom is 0.340 e. The predicted molar refractivity (Wildman–Crippen MR) is 84.2 cm³/mol. The molecule has 0 unspecified atom stereocenters. The van der Waals surface area contributed by atoms with Gasteiger partial charge in [-0.15, -0.1) is 0 Å². The first-order chi connectivity index (χ1) is 10.4. The fourth-order valence-electron chi connectivity index (χ4n) is 3.15. The molecule has 6 heteroatoms. The molecule has 1 heterocycles. The van der Waals surface area contributed by atoms with Gasteiger partial charge in [-0.25, -0.2) is 4.79 Å². The van der Waals surface area contributed by atoms with Gasteiger partial charge in [0.2, 0.25) is 0 Å². The van der Waals surface area contributed by atoms with Gasteiger partial charge < -0.3 is 9.64 Å². The molecule has 1 saturated heterocycles. The van der Waals surface area contributed by atoms with Gasteiger partial charge in [-0.3, -0.25) is 10.1 Å². The Balaban J connectivity index is 2.40. The number of ether oxygens (including phenoxy) is 1. The molecule has 0 N–H and O–H groups in total. The Morgan fingerprint density at radius 1 is 1.36 bits per heavy atom. The minimum absolute atomic E-state index is 0.0927. The van der Waals surface area contributed by atoms with Crippen molar-refractivity contribution in [2.45, 2.75) is 27.2 Å². The number of carbonyl (C=O) groups is 1. The van der Waals surface area contributed by atoms with Crippen molar-refractivity contribution in [3.8, 4) is 0 Å². The quantitative estimate of drug-likeness (QED) is 0.485. The van der Waals surface area contributed by atoms with Crippen LogP contribution in [0.3, 0.4) is 0 Å². The summed E-state index contributed by atoms with van der Waals surface area (Å²) in [5.74, 6) is 0.537. The number of esters is 1. The predicted octanol–water partition coefficient (Wildman–Crippen LogP) is 3.25. The lowest BCUT2D eigenvalue weighted by Crippen LogP contribution is -2.39. The molecule has 1 fully saturated rings. The van der Waals surface area contributed by atoms with Crippen LogP contribution in [0.5, 0.6) is 0 Å². The normalized spacial score (nSPS) is 21.5. The highest BCUT2D eigenvalue weighted by atomic mass is 16.6. The van der Waals surface area contributed by atoms with Crippen molar-refractivity contribution >= 4 is 17.3 Å². The lowest BCUT2D eigenvalue weighted by atomic mass is 9.91. The van der Waals surface area contributed by atoms with Crippen LogP contribution in [-0.2, 0) is 4.74 Å². The summed E-state index contributed by atoms with van der Waals surface area (Å²) in [7, 11) is 0. The van der Waals surface area contributed by atoms with Crippen LogP contribution in [0.4, 0.5) is 11.4 Å². The van der Waals surface area contributed by atoms with E-state index in [9.17, 15) is 14.9 Å². The van der Waals surface area contributed by atoms with E-state index in [4.69, 9.17) is 4.74 Å². The zero-order valence-electron chi connectivity index (χ0n) is 13.2. The number of benzene rings is 1. The van der Waals surface area contributed by atoms with E-state index in [2.05, 4.69) is 18.7 Å². The number of hydrogen-bond acceptors (Lipinski definition) is 5. The monoisotopic (exact) mass is 306 g/mol. The summed E-state index contributed by atoms with van der Waals surface area (Å²) < 4.78 is 5.06. The molecule has 0 amide bonds. The summed E-state index contributed by atoms with van der Waals surface area (Å²) in [5, 5.41) is 11.0. The summed E-state index contributed by atoms with van der Waals surface area (Å²) >= 11 is 0. The highest BCUT2D eigenvalue weighted by Crippen LogP contribution is 2.31. The summed E-state index contributed by atoms with van der Waals surface area (Å²) in [4.78, 5) is 24.8. The van der Waals surface area contributed by atoms with Gasteiger partial charge in [0.1, 0.15) is 0 Å². The third kappa shape index (κ3) is 3.55. The Morgan fingerprint density at radius 3 is 2.55 bits per heavy atom. The average Bonchev–Trinajstić information content (AvgIpc) is 2.45. The largest absolute Gasteiger partial charge is 0.462 e. The fourth-order valence-corrected chi connectivity index (χ4v) is 3.15. The molecule has 6 nitrogen and oxygen atoms in total. The van der Waals surface area contributed by atoms with E-state index in [1.165, 1.54) is 12.1 Å². The van der Waals surface area contributed by atoms with E-state index in [0.29, 0.717) is 11.8 Å². The highest BCUT2D eigenvalue weighted by molar-refractivity contribution is 5.96. The van der Waals surface area contributed by atoms with Crippen molar-refractivity contribution < 1.29 is 14.5 Å². The van der Waals surface area contributed by atoms with E-state index in [1.54, 1.807) is 13.0 Å². The molecule has 0 bridgehead atoms. The number of rotatable bonds is 4. The van der Waals surface area contributed by atoms with Crippen LogP contribution in [0.25, 0.3) is 0 Å². The Morgan fingerprint density at radius 2 is 2.00 bits per heavy atom. The van der Waals surface area contributed by atoms with Gasteiger partial charge in [-0.2, -0.15) is 0 Å². The molecule has 120 valence electrons. The topological polar surface area (TPSA) is 72.7 Å². The van der Waals surface area contributed by atoms with Crippen LogP contribution < -0.4 is 4.90 Å². The van der Waals surface area contributed by atoms with Gasteiger partial charge in [-0.1, -0.05) is 13.8 Å². The molecule has 1 aromatic rings. The highest BCUT2D eigenvalue weighted by Gasteiger charge is 2.27. The second-order valence-electron chi connectivity index (χ2n) is 6.03. The number of carbonyl (C=O) groups excluding carboxylic acids is 1. The summed E-state index contributed by atoms with van der Waals surface area (Å²) in [6.45, 7) is 8.01. The Kier molecular flexibility index (Phi) is 5.00. The maximum atomic E-state index is 12.2. The summed E-state index contributed by atoms with van der Waals surface area (Å²) in [6.07, 6.45) is 1.15. The van der Waals surface area contributed by atoms with E-state index < -0.39 is 10.9 Å². The molecular formula is C16H22N2O4. The molecular weight excluding hydrogens is 284 g/mol. The number of nitrogens with zero attached hydrogens (tertiary/aromatic N) is 2. The average molecular weight is 306 g/mol. The van der Waals surface area contributed by atoms with Gasteiger partial charge in [0.15, 0.2) is 0 Å².